The SMILES string of the molecule is CC[C@@]1(OC(=O)NCCOCCO[C@H]2O[C@@H](CO)[C@@H](O)[C@H](O)[C@@H]2OC[C@H]2O[C@H](CO)[C@@H](O)[C@H](OC(N)=O)[C@@H]2O)C(=O)OCc2c1cc1n(c2=O)Cc2cc3ccccc3nc2-1. The predicted molar refractivity (Wildman–Crippen MR) is 203 cm³/mol. The Morgan fingerprint density at radius 2 is 1.67 bits per heavy atom. The number of aliphatic hydroxyl groups is 6. The van der Waals surface area contributed by atoms with Crippen molar-refractivity contribution in [2.45, 2.75) is 93.3 Å². The molecule has 0 saturated carbocycles. The molecule has 0 unspecified atom stereocenters. The zero-order chi connectivity index (χ0) is 43.6. The van der Waals surface area contributed by atoms with E-state index in [0.717, 1.165) is 16.5 Å². The molecule has 2 fully saturated rings. The number of primary amides is 1. The largest absolute Gasteiger partial charge is 0.457 e. The van der Waals surface area contributed by atoms with E-state index in [1.807, 2.05) is 30.3 Å². The van der Waals surface area contributed by atoms with Gasteiger partial charge in [0.05, 0.1) is 68.7 Å². The van der Waals surface area contributed by atoms with E-state index in [4.69, 9.17) is 48.6 Å². The summed E-state index contributed by atoms with van der Waals surface area (Å²) in [5.74, 6) is -0.828. The molecule has 0 aliphatic carbocycles. The highest BCUT2D eigenvalue weighted by atomic mass is 16.7. The van der Waals surface area contributed by atoms with Crippen molar-refractivity contribution in [2.75, 3.05) is 46.2 Å². The van der Waals surface area contributed by atoms with Crippen molar-refractivity contribution in [2.24, 2.45) is 5.73 Å². The Bertz CT molecular complexity index is 2150. The van der Waals surface area contributed by atoms with Crippen molar-refractivity contribution in [3.8, 4) is 11.4 Å². The molecule has 2 aromatic heterocycles. The van der Waals surface area contributed by atoms with Crippen molar-refractivity contribution in [1.82, 2.24) is 14.9 Å². The molecule has 6 heterocycles. The van der Waals surface area contributed by atoms with Crippen LogP contribution in [0.5, 0.6) is 0 Å². The molecule has 2 saturated heterocycles. The summed E-state index contributed by atoms with van der Waals surface area (Å²) in [6.07, 6.45) is -17.3. The van der Waals surface area contributed by atoms with Crippen molar-refractivity contribution < 1.29 is 82.9 Å². The summed E-state index contributed by atoms with van der Waals surface area (Å²) in [7, 11) is 0. The third kappa shape index (κ3) is 8.66. The van der Waals surface area contributed by atoms with Crippen LogP contribution in [0.1, 0.15) is 30.0 Å². The van der Waals surface area contributed by atoms with Crippen LogP contribution in [0.2, 0.25) is 0 Å². The Labute approximate surface area is 346 Å². The molecule has 4 aliphatic heterocycles. The fraction of sp³-hybridized carbons (Fsp3) is 0.564. The number of nitrogens with two attached hydrogens (primary N) is 1. The van der Waals surface area contributed by atoms with Gasteiger partial charge in [0.1, 0.15) is 55.4 Å². The summed E-state index contributed by atoms with van der Waals surface area (Å²) in [6.45, 7) is -0.799. The first-order valence-electron chi connectivity index (χ1n) is 19.6. The Morgan fingerprint density at radius 3 is 2.41 bits per heavy atom. The zero-order valence-corrected chi connectivity index (χ0v) is 32.9. The second-order valence-corrected chi connectivity index (χ2v) is 14.8. The average Bonchev–Trinajstić information content (AvgIpc) is 3.61. The van der Waals surface area contributed by atoms with Crippen molar-refractivity contribution >= 4 is 29.1 Å². The highest BCUT2D eigenvalue weighted by Gasteiger charge is 2.52. The molecule has 7 rings (SSSR count). The summed E-state index contributed by atoms with van der Waals surface area (Å²) in [5, 5.41) is 65.2. The van der Waals surface area contributed by atoms with E-state index in [1.165, 1.54) is 0 Å². The van der Waals surface area contributed by atoms with E-state index in [0.29, 0.717) is 11.4 Å². The van der Waals surface area contributed by atoms with Gasteiger partial charge in [0.2, 0.25) is 5.60 Å². The Kier molecular flexibility index (Phi) is 13.5. The topological polar surface area (TPSA) is 319 Å². The van der Waals surface area contributed by atoms with Crippen LogP contribution in [0.15, 0.2) is 41.2 Å². The molecule has 1 aromatic carbocycles. The minimum absolute atomic E-state index is 0.0391. The number of carbonyl (C=O) groups excluding carboxylic acids is 3. The van der Waals surface area contributed by atoms with Gasteiger partial charge in [0.15, 0.2) is 12.4 Å². The number of aromatic nitrogens is 2. The predicted octanol–water partition coefficient (Wildman–Crippen LogP) is -2.38. The number of rotatable bonds is 15. The first-order chi connectivity index (χ1) is 29.3. The van der Waals surface area contributed by atoms with Gasteiger partial charge in [0.25, 0.3) is 5.56 Å². The third-order valence-corrected chi connectivity index (χ3v) is 11.2. The molecule has 3 aromatic rings. The van der Waals surface area contributed by atoms with E-state index in [9.17, 15) is 49.8 Å². The number of benzene rings is 1. The van der Waals surface area contributed by atoms with Crippen LogP contribution in [0, 0.1) is 0 Å². The average molecular weight is 861 g/mol. The molecule has 11 atom stereocenters. The standard InChI is InChI=1S/C39H48N4O18/c1-2-39(21-12-23-27-19(11-18-5-3-4-6-22(18)42-27)13-43(23)34(50)20(21)16-57-36(39)51)61-38(53)41-7-8-54-9-10-55-35-33(31(49)28(46)24(14-44)59-35)56-17-26-30(48)32(60-37(40)52)29(47)25(15-45)58-26/h3-6,11-12,24-26,28-33,35,44-49H,2,7-10,13-17H2,1H3,(H2,40,52)(H,41,53)/t24-,25+,26+,28+,29+,30+,31-,32-,33-,35-,39-/m0/s1. The molecule has 0 bridgehead atoms. The summed E-state index contributed by atoms with van der Waals surface area (Å²) >= 11 is 0. The number of amides is 2. The molecule has 22 heteroatoms. The van der Waals surface area contributed by atoms with Crippen LogP contribution in [0.3, 0.4) is 0 Å². The second kappa shape index (κ2) is 18.6. The number of hydrogen-bond acceptors (Lipinski definition) is 19. The first kappa shape index (κ1) is 44.2. The molecule has 9 N–H and O–H groups in total. The molecule has 4 aliphatic rings. The number of cyclic esters (lactones) is 1. The fourth-order valence-electron chi connectivity index (χ4n) is 7.97. The number of esters is 1. The maximum Gasteiger partial charge on any atom is 0.408 e. The number of pyridine rings is 2. The quantitative estimate of drug-likeness (QED) is 0.0351. The number of alkyl carbamates (subject to hydrolysis) is 1. The highest BCUT2D eigenvalue weighted by molar-refractivity contribution is 5.88. The molecule has 22 nitrogen and oxygen atoms in total. The fourth-order valence-corrected chi connectivity index (χ4v) is 7.97. The van der Waals surface area contributed by atoms with Crippen LogP contribution in [-0.4, -0.2) is 166 Å². The van der Waals surface area contributed by atoms with Crippen LogP contribution < -0.4 is 16.6 Å². The van der Waals surface area contributed by atoms with Gasteiger partial charge in [-0.15, -0.1) is 0 Å². The van der Waals surface area contributed by atoms with Crippen molar-refractivity contribution in [3.05, 3.63) is 63.4 Å². The zero-order valence-electron chi connectivity index (χ0n) is 32.9. The number of para-hydroxylation sites is 1. The molecular formula is C39H48N4O18. The lowest BCUT2D eigenvalue weighted by Crippen LogP contribution is -2.63. The molecule has 0 radical (unpaired) electrons. The van der Waals surface area contributed by atoms with Crippen LogP contribution in [-0.2, 0) is 61.4 Å². The monoisotopic (exact) mass is 860 g/mol. The van der Waals surface area contributed by atoms with E-state index in [-0.39, 0.29) is 62.6 Å². The number of ether oxygens (including phenoxy) is 8. The molecule has 0 spiro atoms. The molecule has 332 valence electrons. The number of hydrogen-bond donors (Lipinski definition) is 8. The van der Waals surface area contributed by atoms with Gasteiger partial charge in [-0.3, -0.25) is 4.79 Å². The van der Waals surface area contributed by atoms with Crippen molar-refractivity contribution in [3.63, 3.8) is 0 Å². The molecular weight excluding hydrogens is 812 g/mol. The Balaban J connectivity index is 0.930. The number of carbonyl (C=O) groups is 3. The van der Waals surface area contributed by atoms with Crippen LogP contribution in [0.25, 0.3) is 22.3 Å². The van der Waals surface area contributed by atoms with Gasteiger partial charge < -0.3 is 84.2 Å². The lowest BCUT2D eigenvalue weighted by molar-refractivity contribution is -0.319. The minimum atomic E-state index is -1.92. The number of nitrogens with one attached hydrogen (secondary N) is 1. The van der Waals surface area contributed by atoms with E-state index in [2.05, 4.69) is 5.32 Å². The summed E-state index contributed by atoms with van der Waals surface area (Å²) in [4.78, 5) is 56.5. The second-order valence-electron chi connectivity index (χ2n) is 14.8. The van der Waals surface area contributed by atoms with Gasteiger partial charge in [0, 0.05) is 23.1 Å². The smallest absolute Gasteiger partial charge is 0.408 e. The van der Waals surface area contributed by atoms with Gasteiger partial charge in [-0.25, -0.2) is 19.4 Å². The summed E-state index contributed by atoms with van der Waals surface area (Å²) in [6, 6.07) is 11.2. The normalized spacial score (nSPS) is 30.5. The Hall–Kier alpha value is -4.85. The summed E-state index contributed by atoms with van der Waals surface area (Å²) < 4.78 is 45.7. The van der Waals surface area contributed by atoms with Crippen LogP contribution >= 0.6 is 0 Å². The Morgan fingerprint density at radius 1 is 0.934 bits per heavy atom. The number of nitrogens with zero attached hydrogens (tertiary/aromatic N) is 2. The maximum absolute atomic E-state index is 13.8. The minimum Gasteiger partial charge on any atom is -0.457 e. The van der Waals surface area contributed by atoms with E-state index in [1.54, 1.807) is 17.6 Å². The number of aliphatic hydroxyl groups excluding tert-OH is 6. The highest BCUT2D eigenvalue weighted by Crippen LogP contribution is 2.41. The lowest BCUT2D eigenvalue weighted by Gasteiger charge is -2.44. The van der Waals surface area contributed by atoms with Gasteiger partial charge in [-0.2, -0.15) is 0 Å². The number of fused-ring (bicyclic) bond motifs is 5. The third-order valence-electron chi connectivity index (χ3n) is 11.2. The maximum atomic E-state index is 13.8. The van der Waals surface area contributed by atoms with Crippen LogP contribution in [0.4, 0.5) is 9.59 Å². The van der Waals surface area contributed by atoms with Crippen molar-refractivity contribution in [1.29, 1.82) is 0 Å². The molecule has 2 amide bonds. The van der Waals surface area contributed by atoms with E-state index < -0.39 is 105 Å². The van der Waals surface area contributed by atoms with Gasteiger partial charge in [-0.1, -0.05) is 25.1 Å². The molecule has 61 heavy (non-hydrogen) atoms. The first-order valence-corrected chi connectivity index (χ1v) is 19.6. The van der Waals surface area contributed by atoms with E-state index >= 15 is 0 Å². The van der Waals surface area contributed by atoms with Gasteiger partial charge >= 0.3 is 18.2 Å². The summed E-state index contributed by atoms with van der Waals surface area (Å²) in [5.41, 5.74) is 5.81. The lowest BCUT2D eigenvalue weighted by atomic mass is 9.85. The van der Waals surface area contributed by atoms with Gasteiger partial charge in [-0.05, 0) is 24.6 Å².